The molecule has 2 heterocycles. The van der Waals surface area contributed by atoms with E-state index < -0.39 is 0 Å². The second-order valence-electron chi connectivity index (χ2n) is 6.70. The van der Waals surface area contributed by atoms with Crippen molar-refractivity contribution < 1.29 is 14.0 Å². The summed E-state index contributed by atoms with van der Waals surface area (Å²) in [6, 6.07) is 6.63. The Morgan fingerprint density at radius 3 is 2.80 bits per heavy atom. The van der Waals surface area contributed by atoms with Crippen molar-refractivity contribution >= 4 is 0 Å². The zero-order chi connectivity index (χ0) is 17.8. The van der Waals surface area contributed by atoms with E-state index in [0.29, 0.717) is 12.6 Å². The standard InChI is InChI=1S/C20H28N2O3/c1-5-11-24-18-9-8-16(12-19(18)23-4)13-22-10-6-7-17(22)20-14(2)21-25-15(20)3/h8-9,12,17H,5-7,10-11,13H2,1-4H3. The summed E-state index contributed by atoms with van der Waals surface area (Å²) in [6.45, 7) is 8.82. The number of benzene rings is 1. The molecule has 1 aliphatic heterocycles. The lowest BCUT2D eigenvalue weighted by molar-refractivity contribution is 0.244. The van der Waals surface area contributed by atoms with Crippen LogP contribution in [0.4, 0.5) is 0 Å². The number of likely N-dealkylation sites (tertiary alicyclic amines) is 1. The van der Waals surface area contributed by atoms with Gasteiger partial charge in [0.25, 0.3) is 0 Å². The SMILES string of the molecule is CCCOc1ccc(CN2CCCC2c2c(C)noc2C)cc1OC. The first-order valence-electron chi connectivity index (χ1n) is 9.10. The molecule has 1 saturated heterocycles. The lowest BCUT2D eigenvalue weighted by Crippen LogP contribution is -2.23. The van der Waals surface area contributed by atoms with Gasteiger partial charge < -0.3 is 14.0 Å². The number of rotatable bonds is 7. The first-order valence-corrected chi connectivity index (χ1v) is 9.10. The minimum atomic E-state index is 0.383. The van der Waals surface area contributed by atoms with Gasteiger partial charge in [-0.1, -0.05) is 18.1 Å². The van der Waals surface area contributed by atoms with E-state index in [1.165, 1.54) is 17.5 Å². The van der Waals surface area contributed by atoms with Crippen molar-refractivity contribution in [3.63, 3.8) is 0 Å². The van der Waals surface area contributed by atoms with Gasteiger partial charge in [0.05, 0.1) is 19.4 Å². The molecule has 1 unspecified atom stereocenters. The fourth-order valence-corrected chi connectivity index (χ4v) is 3.68. The van der Waals surface area contributed by atoms with Gasteiger partial charge in [-0.25, -0.2) is 0 Å². The summed E-state index contributed by atoms with van der Waals surface area (Å²) in [5, 5.41) is 4.13. The number of hydrogen-bond acceptors (Lipinski definition) is 5. The average molecular weight is 344 g/mol. The number of aromatic nitrogens is 1. The summed E-state index contributed by atoms with van der Waals surface area (Å²) in [5.41, 5.74) is 3.50. The molecule has 5 nitrogen and oxygen atoms in total. The van der Waals surface area contributed by atoms with Crippen LogP contribution >= 0.6 is 0 Å². The van der Waals surface area contributed by atoms with Crippen LogP contribution < -0.4 is 9.47 Å². The Kier molecular flexibility index (Phi) is 5.63. The van der Waals surface area contributed by atoms with Crippen LogP contribution in [0, 0.1) is 13.8 Å². The predicted octanol–water partition coefficient (Wildman–Crippen LogP) is 4.43. The second kappa shape index (κ2) is 7.91. The summed E-state index contributed by atoms with van der Waals surface area (Å²) in [6.07, 6.45) is 3.33. The molecule has 0 amide bonds. The minimum Gasteiger partial charge on any atom is -0.493 e. The van der Waals surface area contributed by atoms with Crippen LogP contribution in [-0.4, -0.2) is 30.3 Å². The Bertz CT molecular complexity index is 691. The molecule has 5 heteroatoms. The summed E-state index contributed by atoms with van der Waals surface area (Å²) < 4.78 is 16.7. The Morgan fingerprint density at radius 1 is 1.28 bits per heavy atom. The van der Waals surface area contributed by atoms with E-state index in [1.807, 2.05) is 19.9 Å². The molecule has 1 fully saturated rings. The van der Waals surface area contributed by atoms with E-state index in [1.54, 1.807) is 7.11 Å². The van der Waals surface area contributed by atoms with Gasteiger partial charge in [0.1, 0.15) is 5.76 Å². The van der Waals surface area contributed by atoms with Crippen molar-refractivity contribution in [2.24, 2.45) is 0 Å². The van der Waals surface area contributed by atoms with Crippen molar-refractivity contribution in [1.29, 1.82) is 0 Å². The van der Waals surface area contributed by atoms with Crippen molar-refractivity contribution in [3.8, 4) is 11.5 Å². The Hall–Kier alpha value is -2.01. The van der Waals surface area contributed by atoms with E-state index in [-0.39, 0.29) is 0 Å². The molecule has 0 aliphatic carbocycles. The van der Waals surface area contributed by atoms with E-state index in [9.17, 15) is 0 Å². The Morgan fingerprint density at radius 2 is 2.12 bits per heavy atom. The first kappa shape index (κ1) is 17.8. The summed E-state index contributed by atoms with van der Waals surface area (Å²) in [7, 11) is 1.69. The molecule has 0 bridgehead atoms. The van der Waals surface area contributed by atoms with Crippen LogP contribution in [0.2, 0.25) is 0 Å². The number of aryl methyl sites for hydroxylation is 2. The highest BCUT2D eigenvalue weighted by Crippen LogP contribution is 2.37. The predicted molar refractivity (Wildman–Crippen MR) is 97.1 cm³/mol. The molecule has 25 heavy (non-hydrogen) atoms. The molecular formula is C20H28N2O3. The third kappa shape index (κ3) is 3.82. The highest BCUT2D eigenvalue weighted by Gasteiger charge is 2.30. The number of ether oxygens (including phenoxy) is 2. The summed E-state index contributed by atoms with van der Waals surface area (Å²) >= 11 is 0. The maximum Gasteiger partial charge on any atom is 0.161 e. The zero-order valence-corrected chi connectivity index (χ0v) is 15.7. The molecule has 136 valence electrons. The van der Waals surface area contributed by atoms with E-state index in [2.05, 4.69) is 29.1 Å². The molecule has 1 aromatic heterocycles. The van der Waals surface area contributed by atoms with Gasteiger partial charge in [-0.3, -0.25) is 4.90 Å². The molecular weight excluding hydrogens is 316 g/mol. The van der Waals surface area contributed by atoms with Crippen LogP contribution in [0.15, 0.2) is 22.7 Å². The van der Waals surface area contributed by atoms with E-state index in [0.717, 1.165) is 48.9 Å². The third-order valence-corrected chi connectivity index (χ3v) is 4.86. The number of hydrogen-bond donors (Lipinski definition) is 0. The lowest BCUT2D eigenvalue weighted by atomic mass is 10.0. The topological polar surface area (TPSA) is 47.7 Å². The second-order valence-corrected chi connectivity index (χ2v) is 6.70. The van der Waals surface area contributed by atoms with Crippen LogP contribution in [0.1, 0.15) is 54.8 Å². The molecule has 1 atom stereocenters. The molecule has 0 radical (unpaired) electrons. The fourth-order valence-electron chi connectivity index (χ4n) is 3.68. The molecule has 1 aromatic carbocycles. The summed E-state index contributed by atoms with van der Waals surface area (Å²) in [4.78, 5) is 2.51. The number of methoxy groups -OCH3 is 1. The Labute approximate surface area is 149 Å². The third-order valence-electron chi connectivity index (χ3n) is 4.86. The maximum absolute atomic E-state index is 5.75. The highest BCUT2D eigenvalue weighted by molar-refractivity contribution is 5.43. The van der Waals surface area contributed by atoms with Gasteiger partial charge in [0, 0.05) is 18.2 Å². The molecule has 1 aliphatic rings. The van der Waals surface area contributed by atoms with Gasteiger partial charge in [-0.05, 0) is 57.4 Å². The molecule has 0 saturated carbocycles. The first-order chi connectivity index (χ1) is 12.1. The normalized spacial score (nSPS) is 17.8. The molecule has 0 N–H and O–H groups in total. The van der Waals surface area contributed by atoms with Crippen LogP contribution in [0.3, 0.4) is 0 Å². The molecule has 2 aromatic rings. The van der Waals surface area contributed by atoms with Crippen molar-refractivity contribution in [2.75, 3.05) is 20.3 Å². The van der Waals surface area contributed by atoms with Gasteiger partial charge in [-0.15, -0.1) is 0 Å². The van der Waals surface area contributed by atoms with Crippen LogP contribution in [-0.2, 0) is 6.54 Å². The van der Waals surface area contributed by atoms with Crippen molar-refractivity contribution in [3.05, 3.63) is 40.8 Å². The van der Waals surface area contributed by atoms with Gasteiger partial charge in [-0.2, -0.15) is 0 Å². The van der Waals surface area contributed by atoms with Crippen LogP contribution in [0.25, 0.3) is 0 Å². The Balaban J connectivity index is 1.77. The quantitative estimate of drug-likeness (QED) is 0.744. The van der Waals surface area contributed by atoms with Gasteiger partial charge in [0.2, 0.25) is 0 Å². The molecule has 0 spiro atoms. The monoisotopic (exact) mass is 344 g/mol. The van der Waals surface area contributed by atoms with Gasteiger partial charge in [0.15, 0.2) is 11.5 Å². The largest absolute Gasteiger partial charge is 0.493 e. The highest BCUT2D eigenvalue weighted by atomic mass is 16.5. The van der Waals surface area contributed by atoms with E-state index >= 15 is 0 Å². The average Bonchev–Trinajstić information content (AvgIpc) is 3.19. The molecule has 3 rings (SSSR count). The number of nitrogens with zero attached hydrogens (tertiary/aromatic N) is 2. The summed E-state index contributed by atoms with van der Waals surface area (Å²) in [5.74, 6) is 2.56. The zero-order valence-electron chi connectivity index (χ0n) is 15.7. The maximum atomic E-state index is 5.75. The fraction of sp³-hybridized carbons (Fsp3) is 0.550. The van der Waals surface area contributed by atoms with Crippen LogP contribution in [0.5, 0.6) is 11.5 Å². The van der Waals surface area contributed by atoms with Gasteiger partial charge >= 0.3 is 0 Å². The lowest BCUT2D eigenvalue weighted by Gasteiger charge is -2.25. The smallest absolute Gasteiger partial charge is 0.161 e. The van der Waals surface area contributed by atoms with E-state index in [4.69, 9.17) is 14.0 Å². The minimum absolute atomic E-state index is 0.383. The van der Waals surface area contributed by atoms with Crippen molar-refractivity contribution in [2.45, 2.75) is 52.6 Å². The van der Waals surface area contributed by atoms with Crippen molar-refractivity contribution in [1.82, 2.24) is 10.1 Å².